The summed E-state index contributed by atoms with van der Waals surface area (Å²) < 4.78 is 13.5. The lowest BCUT2D eigenvalue weighted by Gasteiger charge is -2.12. The third-order valence-corrected chi connectivity index (χ3v) is 6.95. The van der Waals surface area contributed by atoms with Crippen LogP contribution in [-0.4, -0.2) is 25.1 Å². The monoisotopic (exact) mass is 538 g/mol. The highest BCUT2D eigenvalue weighted by molar-refractivity contribution is 5.99. The van der Waals surface area contributed by atoms with Crippen molar-refractivity contribution in [3.05, 3.63) is 139 Å². The fourth-order valence-electron chi connectivity index (χ4n) is 4.83. The van der Waals surface area contributed by atoms with Crippen molar-refractivity contribution >= 4 is 33.3 Å². The Morgan fingerprint density at radius 1 is 0.927 bits per heavy atom. The van der Waals surface area contributed by atoms with Crippen molar-refractivity contribution in [1.29, 1.82) is 0 Å². The number of halogens is 1. The lowest BCUT2D eigenvalue weighted by Crippen LogP contribution is -2.09. The molecule has 0 spiro atoms. The van der Waals surface area contributed by atoms with Crippen molar-refractivity contribution < 1.29 is 4.39 Å². The molecule has 0 radical (unpaired) electrons. The molecule has 0 fully saturated rings. The smallest absolute Gasteiger partial charge is 0.155 e. The zero-order valence-corrected chi connectivity index (χ0v) is 22.4. The number of allylic oxidation sites excluding steroid dienone is 4. The number of benzene rings is 2. The highest BCUT2D eigenvalue weighted by Crippen LogP contribution is 2.34. The van der Waals surface area contributed by atoms with Crippen LogP contribution in [0.3, 0.4) is 0 Å². The molecule has 3 N–H and O–H groups in total. The second-order valence-electron chi connectivity index (χ2n) is 9.52. The van der Waals surface area contributed by atoms with E-state index in [1.807, 2.05) is 67.7 Å². The first-order valence-corrected chi connectivity index (χ1v) is 13.1. The van der Waals surface area contributed by atoms with Crippen molar-refractivity contribution in [2.45, 2.75) is 6.92 Å². The van der Waals surface area contributed by atoms with Gasteiger partial charge in [0.05, 0.1) is 5.69 Å². The van der Waals surface area contributed by atoms with E-state index in [2.05, 4.69) is 49.7 Å². The van der Waals surface area contributed by atoms with Gasteiger partial charge in [0.2, 0.25) is 0 Å². The Morgan fingerprint density at radius 2 is 1.73 bits per heavy atom. The SMILES string of the molecule is C=C/C(=C\C(=C/C)c1cnc2[nH]nc(-c3cc4c(-c5ccc(F)cc5)ccnc4[nH]3)c2c1)NC(=C)c1ccccc1. The van der Waals surface area contributed by atoms with E-state index in [4.69, 9.17) is 0 Å². The molecule has 0 saturated carbocycles. The Kier molecular flexibility index (Phi) is 6.83. The molecule has 0 atom stereocenters. The predicted octanol–water partition coefficient (Wildman–Crippen LogP) is 8.04. The summed E-state index contributed by atoms with van der Waals surface area (Å²) in [5.41, 5.74) is 9.29. The van der Waals surface area contributed by atoms with Gasteiger partial charge in [-0.1, -0.05) is 61.7 Å². The molecular formula is C34H27FN6. The van der Waals surface area contributed by atoms with Gasteiger partial charge in [-0.3, -0.25) is 5.10 Å². The number of fused-ring (bicyclic) bond motifs is 2. The van der Waals surface area contributed by atoms with Crippen LogP contribution < -0.4 is 5.32 Å². The van der Waals surface area contributed by atoms with Crippen LogP contribution in [0.25, 0.3) is 55.9 Å². The van der Waals surface area contributed by atoms with Crippen LogP contribution in [0.2, 0.25) is 0 Å². The van der Waals surface area contributed by atoms with Gasteiger partial charge in [-0.2, -0.15) is 5.10 Å². The summed E-state index contributed by atoms with van der Waals surface area (Å²) in [5, 5.41) is 12.8. The standard InChI is InChI=1S/C34H27FN6/c1-4-22(17-27(5-2)38-21(3)23-9-7-6-8-10-23)25-18-30-32(40-41-34(30)37-20-25)31-19-29-28(15-16-36-33(29)39-31)24-11-13-26(35)14-12-24/h4-20,38H,2-3H2,1H3,(H,36,39)(H,37,40,41)/b22-4+,27-17+. The van der Waals surface area contributed by atoms with Crippen molar-refractivity contribution in [2.75, 3.05) is 0 Å². The number of H-pyrrole nitrogens is 2. The van der Waals surface area contributed by atoms with Crippen LogP contribution in [0, 0.1) is 5.82 Å². The molecule has 0 aliphatic rings. The minimum Gasteiger partial charge on any atom is -0.356 e. The van der Waals surface area contributed by atoms with Gasteiger partial charge in [0.25, 0.3) is 0 Å². The molecule has 6 aromatic rings. The molecule has 0 aliphatic carbocycles. The molecule has 41 heavy (non-hydrogen) atoms. The van der Waals surface area contributed by atoms with Crippen LogP contribution >= 0.6 is 0 Å². The zero-order chi connectivity index (χ0) is 28.3. The third-order valence-electron chi connectivity index (χ3n) is 6.95. The molecule has 0 aliphatic heterocycles. The number of aromatic nitrogens is 5. The quantitative estimate of drug-likeness (QED) is 0.171. The van der Waals surface area contributed by atoms with Gasteiger partial charge in [0.15, 0.2) is 5.65 Å². The fraction of sp³-hybridized carbons (Fsp3) is 0.0294. The van der Waals surface area contributed by atoms with Crippen molar-refractivity contribution in [2.24, 2.45) is 0 Å². The Morgan fingerprint density at radius 3 is 2.49 bits per heavy atom. The second kappa shape index (κ2) is 10.9. The topological polar surface area (TPSA) is 82.3 Å². The average molecular weight is 539 g/mol. The molecule has 7 heteroatoms. The summed E-state index contributed by atoms with van der Waals surface area (Å²) in [6.45, 7) is 10.1. The van der Waals surface area contributed by atoms with Gasteiger partial charge in [0, 0.05) is 40.1 Å². The maximum Gasteiger partial charge on any atom is 0.155 e. The molecule has 0 amide bonds. The van der Waals surface area contributed by atoms with Crippen LogP contribution in [-0.2, 0) is 0 Å². The first-order valence-electron chi connectivity index (χ1n) is 13.1. The van der Waals surface area contributed by atoms with E-state index >= 15 is 0 Å². The Labute approximate surface area is 236 Å². The summed E-state index contributed by atoms with van der Waals surface area (Å²) in [7, 11) is 0. The number of aromatic amines is 2. The summed E-state index contributed by atoms with van der Waals surface area (Å²) >= 11 is 0. The molecular weight excluding hydrogens is 511 g/mol. The first-order chi connectivity index (χ1) is 20.0. The van der Waals surface area contributed by atoms with Crippen LogP contribution in [0.1, 0.15) is 18.1 Å². The maximum atomic E-state index is 13.5. The minimum atomic E-state index is -0.271. The number of hydrogen-bond acceptors (Lipinski definition) is 4. The van der Waals surface area contributed by atoms with Gasteiger partial charge in [-0.25, -0.2) is 14.4 Å². The molecule has 6 nitrogen and oxygen atoms in total. The Balaban J connectivity index is 1.36. The lowest BCUT2D eigenvalue weighted by atomic mass is 10.0. The number of hydrogen-bond donors (Lipinski definition) is 3. The van der Waals surface area contributed by atoms with Crippen molar-refractivity contribution in [1.82, 2.24) is 30.5 Å². The molecule has 200 valence electrons. The van der Waals surface area contributed by atoms with Gasteiger partial charge in [-0.15, -0.1) is 0 Å². The number of nitrogens with one attached hydrogen (secondary N) is 3. The van der Waals surface area contributed by atoms with Gasteiger partial charge in [0.1, 0.15) is 17.2 Å². The average Bonchev–Trinajstić information content (AvgIpc) is 3.64. The molecule has 0 bridgehead atoms. The summed E-state index contributed by atoms with van der Waals surface area (Å²) in [6.07, 6.45) is 9.38. The van der Waals surface area contributed by atoms with E-state index in [9.17, 15) is 4.39 Å². The zero-order valence-electron chi connectivity index (χ0n) is 22.4. The first kappa shape index (κ1) is 25.7. The number of nitrogens with zero attached hydrogens (tertiary/aromatic N) is 3. The molecule has 0 unspecified atom stereocenters. The maximum absolute atomic E-state index is 13.5. The van der Waals surface area contributed by atoms with E-state index < -0.39 is 0 Å². The van der Waals surface area contributed by atoms with Crippen LogP contribution in [0.5, 0.6) is 0 Å². The van der Waals surface area contributed by atoms with Gasteiger partial charge >= 0.3 is 0 Å². The fourth-order valence-corrected chi connectivity index (χ4v) is 4.83. The summed E-state index contributed by atoms with van der Waals surface area (Å²) in [6, 6.07) is 22.4. The van der Waals surface area contributed by atoms with Crippen LogP contribution in [0.4, 0.5) is 4.39 Å². The summed E-state index contributed by atoms with van der Waals surface area (Å²) in [5.74, 6) is -0.271. The Hall–Kier alpha value is -5.56. The predicted molar refractivity (Wildman–Crippen MR) is 165 cm³/mol. The largest absolute Gasteiger partial charge is 0.356 e. The van der Waals surface area contributed by atoms with E-state index in [0.717, 1.165) is 67.0 Å². The molecule has 2 aromatic carbocycles. The molecule has 4 heterocycles. The van der Waals surface area contributed by atoms with Gasteiger partial charge in [-0.05, 0) is 71.7 Å². The minimum absolute atomic E-state index is 0.271. The lowest BCUT2D eigenvalue weighted by molar-refractivity contribution is 0.628. The van der Waals surface area contributed by atoms with Crippen molar-refractivity contribution in [3.63, 3.8) is 0 Å². The normalized spacial score (nSPS) is 12.1. The van der Waals surface area contributed by atoms with E-state index in [-0.39, 0.29) is 5.82 Å². The van der Waals surface area contributed by atoms with Gasteiger partial charge < -0.3 is 10.3 Å². The molecule has 0 saturated heterocycles. The highest BCUT2D eigenvalue weighted by Gasteiger charge is 2.16. The van der Waals surface area contributed by atoms with E-state index in [0.29, 0.717) is 5.65 Å². The third kappa shape index (κ3) is 5.08. The summed E-state index contributed by atoms with van der Waals surface area (Å²) in [4.78, 5) is 12.6. The highest BCUT2D eigenvalue weighted by atomic mass is 19.1. The number of pyridine rings is 2. The van der Waals surface area contributed by atoms with Crippen molar-refractivity contribution in [3.8, 4) is 22.5 Å². The molecule has 4 aromatic heterocycles. The van der Waals surface area contributed by atoms with Crippen LogP contribution in [0.15, 0.2) is 122 Å². The molecule has 6 rings (SSSR count). The Bertz CT molecular complexity index is 1960. The number of rotatable bonds is 8. The van der Waals surface area contributed by atoms with E-state index in [1.165, 1.54) is 12.1 Å². The second-order valence-corrected chi connectivity index (χ2v) is 9.52. The van der Waals surface area contributed by atoms with E-state index in [1.54, 1.807) is 24.4 Å².